The molecule has 0 bridgehead atoms. The van der Waals surface area contributed by atoms with Crippen LogP contribution in [0.25, 0.3) is 0 Å². The molecule has 96 valence electrons. The summed E-state index contributed by atoms with van der Waals surface area (Å²) < 4.78 is 3.16. The smallest absolute Gasteiger partial charge is 0.0671 e. The van der Waals surface area contributed by atoms with Gasteiger partial charge < -0.3 is 5.32 Å². The molecule has 0 aliphatic heterocycles. The zero-order valence-corrected chi connectivity index (χ0v) is 13.2. The number of nitrogens with one attached hydrogen (secondary N) is 1. The van der Waals surface area contributed by atoms with Crippen LogP contribution in [0.5, 0.6) is 0 Å². The summed E-state index contributed by atoms with van der Waals surface area (Å²) in [5.74, 6) is 0. The maximum absolute atomic E-state index is 4.45. The van der Waals surface area contributed by atoms with E-state index in [9.17, 15) is 0 Å². The molecule has 0 unspecified atom stereocenters. The van der Waals surface area contributed by atoms with Crippen molar-refractivity contribution in [3.63, 3.8) is 0 Å². The van der Waals surface area contributed by atoms with Crippen molar-refractivity contribution in [2.75, 3.05) is 5.32 Å². The lowest BCUT2D eigenvalue weighted by atomic mass is 10.1. The van der Waals surface area contributed by atoms with Crippen molar-refractivity contribution in [1.82, 2.24) is 9.78 Å². The van der Waals surface area contributed by atoms with Crippen molar-refractivity contribution in [2.24, 2.45) is 7.05 Å². The molecule has 0 fully saturated rings. The normalized spacial score (nSPS) is 10.7. The number of hydrogen-bond acceptors (Lipinski definition) is 2. The third-order valence-electron chi connectivity index (χ3n) is 2.98. The molecule has 1 N–H and O–H groups in total. The van der Waals surface area contributed by atoms with Crippen LogP contribution >= 0.6 is 22.6 Å². The van der Waals surface area contributed by atoms with E-state index in [0.29, 0.717) is 0 Å². The van der Waals surface area contributed by atoms with Crippen molar-refractivity contribution in [2.45, 2.75) is 26.8 Å². The van der Waals surface area contributed by atoms with Gasteiger partial charge in [-0.25, -0.2) is 0 Å². The van der Waals surface area contributed by atoms with Crippen LogP contribution in [-0.2, 0) is 20.0 Å². The first-order valence-electron chi connectivity index (χ1n) is 6.11. The van der Waals surface area contributed by atoms with Crippen molar-refractivity contribution in [3.8, 4) is 0 Å². The second-order valence-electron chi connectivity index (χ2n) is 4.44. The van der Waals surface area contributed by atoms with Gasteiger partial charge in [0.2, 0.25) is 0 Å². The number of aromatic nitrogens is 2. The van der Waals surface area contributed by atoms with Gasteiger partial charge in [0.05, 0.1) is 5.69 Å². The highest BCUT2D eigenvalue weighted by Gasteiger charge is 2.06. The molecule has 4 heteroatoms. The maximum Gasteiger partial charge on any atom is 0.0671 e. The second-order valence-corrected chi connectivity index (χ2v) is 5.69. The first-order valence-corrected chi connectivity index (χ1v) is 7.19. The van der Waals surface area contributed by atoms with E-state index in [4.69, 9.17) is 0 Å². The number of anilines is 1. The quantitative estimate of drug-likeness (QED) is 0.851. The van der Waals surface area contributed by atoms with Gasteiger partial charge in [0, 0.05) is 34.6 Å². The molecule has 0 atom stereocenters. The fourth-order valence-electron chi connectivity index (χ4n) is 2.04. The van der Waals surface area contributed by atoms with E-state index in [0.717, 1.165) is 13.0 Å². The molecular weight excluding hydrogens is 337 g/mol. The van der Waals surface area contributed by atoms with Gasteiger partial charge in [0.25, 0.3) is 0 Å². The summed E-state index contributed by atoms with van der Waals surface area (Å²) in [7, 11) is 1.97. The number of nitrogens with zero attached hydrogens (tertiary/aromatic N) is 2. The van der Waals surface area contributed by atoms with E-state index in [1.54, 1.807) is 0 Å². The topological polar surface area (TPSA) is 29.9 Å². The van der Waals surface area contributed by atoms with Gasteiger partial charge in [-0.1, -0.05) is 6.92 Å². The Morgan fingerprint density at radius 3 is 2.83 bits per heavy atom. The molecule has 0 saturated carbocycles. The van der Waals surface area contributed by atoms with E-state index in [1.165, 1.54) is 26.1 Å². The van der Waals surface area contributed by atoms with Gasteiger partial charge in [-0.2, -0.15) is 5.10 Å². The zero-order chi connectivity index (χ0) is 13.1. The minimum Gasteiger partial charge on any atom is -0.381 e. The van der Waals surface area contributed by atoms with E-state index < -0.39 is 0 Å². The predicted octanol–water partition coefficient (Wildman–Crippen LogP) is 3.51. The van der Waals surface area contributed by atoms with Gasteiger partial charge in [0.1, 0.15) is 0 Å². The van der Waals surface area contributed by atoms with Gasteiger partial charge in [-0.3, -0.25) is 4.68 Å². The van der Waals surface area contributed by atoms with E-state index in [-0.39, 0.29) is 0 Å². The largest absolute Gasteiger partial charge is 0.381 e. The zero-order valence-electron chi connectivity index (χ0n) is 11.0. The fraction of sp³-hybridized carbons (Fsp3) is 0.357. The lowest BCUT2D eigenvalue weighted by Crippen LogP contribution is -2.02. The van der Waals surface area contributed by atoms with Crippen LogP contribution in [0.2, 0.25) is 0 Å². The summed E-state index contributed by atoms with van der Waals surface area (Å²) in [6.45, 7) is 5.11. The van der Waals surface area contributed by atoms with Crippen molar-refractivity contribution >= 4 is 28.3 Å². The SMILES string of the molecule is CCc1nn(C)cc1CNc1ccc(I)cc1C. The molecule has 3 nitrogen and oxygen atoms in total. The Bertz CT molecular complexity index is 546. The average molecular weight is 355 g/mol. The summed E-state index contributed by atoms with van der Waals surface area (Å²) in [6.07, 6.45) is 3.07. The van der Waals surface area contributed by atoms with Gasteiger partial charge in [-0.05, 0) is 59.7 Å². The number of benzene rings is 1. The van der Waals surface area contributed by atoms with Crippen LogP contribution in [0.1, 0.15) is 23.7 Å². The molecule has 2 rings (SSSR count). The van der Waals surface area contributed by atoms with E-state index in [2.05, 4.69) is 71.2 Å². The van der Waals surface area contributed by atoms with Crippen LogP contribution in [0.4, 0.5) is 5.69 Å². The monoisotopic (exact) mass is 355 g/mol. The summed E-state index contributed by atoms with van der Waals surface area (Å²) in [5, 5.41) is 7.94. The number of hydrogen-bond donors (Lipinski definition) is 1. The summed E-state index contributed by atoms with van der Waals surface area (Å²) in [6, 6.07) is 6.45. The van der Waals surface area contributed by atoms with Crippen LogP contribution in [0.3, 0.4) is 0 Å². The van der Waals surface area contributed by atoms with Crippen LogP contribution in [0, 0.1) is 10.5 Å². The molecular formula is C14H18IN3. The molecule has 1 heterocycles. The Hall–Kier alpha value is -1.04. The van der Waals surface area contributed by atoms with Crippen molar-refractivity contribution in [3.05, 3.63) is 44.8 Å². The molecule has 0 aliphatic carbocycles. The highest BCUT2D eigenvalue weighted by Crippen LogP contribution is 2.19. The highest BCUT2D eigenvalue weighted by atomic mass is 127. The number of aryl methyl sites for hydroxylation is 3. The molecule has 2 aromatic rings. The minimum absolute atomic E-state index is 0.832. The Balaban J connectivity index is 2.11. The van der Waals surface area contributed by atoms with E-state index in [1.807, 2.05) is 11.7 Å². The summed E-state index contributed by atoms with van der Waals surface area (Å²) in [5.41, 5.74) is 4.93. The van der Waals surface area contributed by atoms with Gasteiger partial charge >= 0.3 is 0 Å². The number of rotatable bonds is 4. The first-order chi connectivity index (χ1) is 8.60. The van der Waals surface area contributed by atoms with Gasteiger partial charge in [-0.15, -0.1) is 0 Å². The Morgan fingerprint density at radius 1 is 1.39 bits per heavy atom. The highest BCUT2D eigenvalue weighted by molar-refractivity contribution is 14.1. The molecule has 0 spiro atoms. The Labute approximate surface area is 122 Å². The molecule has 0 saturated heterocycles. The van der Waals surface area contributed by atoms with Crippen LogP contribution in [0.15, 0.2) is 24.4 Å². The van der Waals surface area contributed by atoms with Crippen molar-refractivity contribution in [1.29, 1.82) is 0 Å². The lowest BCUT2D eigenvalue weighted by Gasteiger charge is -2.09. The third kappa shape index (κ3) is 3.04. The summed E-state index contributed by atoms with van der Waals surface area (Å²) >= 11 is 2.34. The van der Waals surface area contributed by atoms with Crippen LogP contribution in [-0.4, -0.2) is 9.78 Å². The molecule has 0 aliphatic rings. The molecule has 0 radical (unpaired) electrons. The van der Waals surface area contributed by atoms with E-state index >= 15 is 0 Å². The van der Waals surface area contributed by atoms with Crippen molar-refractivity contribution < 1.29 is 0 Å². The lowest BCUT2D eigenvalue weighted by molar-refractivity contribution is 0.746. The maximum atomic E-state index is 4.45. The fourth-order valence-corrected chi connectivity index (χ4v) is 2.69. The molecule has 1 aromatic heterocycles. The van der Waals surface area contributed by atoms with Gasteiger partial charge in [0.15, 0.2) is 0 Å². The minimum atomic E-state index is 0.832. The summed E-state index contributed by atoms with van der Waals surface area (Å²) in [4.78, 5) is 0. The third-order valence-corrected chi connectivity index (χ3v) is 3.66. The average Bonchev–Trinajstić information content (AvgIpc) is 2.68. The molecule has 1 aromatic carbocycles. The predicted molar refractivity (Wildman–Crippen MR) is 83.8 cm³/mol. The Kier molecular flexibility index (Phi) is 4.27. The first kappa shape index (κ1) is 13.4. The molecule has 18 heavy (non-hydrogen) atoms. The Morgan fingerprint density at radius 2 is 2.17 bits per heavy atom. The standard InChI is InChI=1S/C14H18IN3/c1-4-13-11(9-18(3)17-13)8-16-14-6-5-12(15)7-10(14)2/h5-7,9,16H,4,8H2,1-3H3. The second kappa shape index (κ2) is 5.73. The number of halogens is 1. The van der Waals surface area contributed by atoms with Crippen LogP contribution < -0.4 is 5.32 Å². The molecule has 0 amide bonds.